The highest BCUT2D eigenvalue weighted by atomic mass is 16.7. The Morgan fingerprint density at radius 1 is 1.00 bits per heavy atom. The van der Waals surface area contributed by atoms with Gasteiger partial charge in [0.1, 0.15) is 0 Å². The Hall–Kier alpha value is -0.545. The Balaban J connectivity index is 2.20. The van der Waals surface area contributed by atoms with Crippen LogP contribution in [0, 0.1) is 0 Å². The molecular weight excluding hydrogens is 291 g/mol. The van der Waals surface area contributed by atoms with E-state index in [1.807, 2.05) is 34.6 Å². The highest BCUT2D eigenvalue weighted by molar-refractivity contribution is 6.47. The predicted octanol–water partition coefficient (Wildman–Crippen LogP) is 4.76. The van der Waals surface area contributed by atoms with Crippen LogP contribution in [0.4, 0.5) is 0 Å². The molecule has 5 heteroatoms. The summed E-state index contributed by atoms with van der Waals surface area (Å²) in [6.07, 6.45) is 7.50. The van der Waals surface area contributed by atoms with Crippen molar-refractivity contribution in [1.82, 2.24) is 0 Å². The van der Waals surface area contributed by atoms with Gasteiger partial charge in [0, 0.05) is 12.2 Å². The normalized spacial score (nSPS) is 20.5. The van der Waals surface area contributed by atoms with Crippen LogP contribution >= 0.6 is 0 Å². The van der Waals surface area contributed by atoms with Gasteiger partial charge in [0.05, 0.1) is 17.8 Å². The van der Waals surface area contributed by atoms with Crippen molar-refractivity contribution in [2.45, 2.75) is 104 Å². The van der Waals surface area contributed by atoms with Crippen molar-refractivity contribution >= 4 is 13.1 Å². The van der Waals surface area contributed by atoms with Crippen LogP contribution in [-0.4, -0.2) is 30.9 Å². The number of ether oxygens (including phenoxy) is 1. The lowest BCUT2D eigenvalue weighted by Crippen LogP contribution is -2.41. The lowest BCUT2D eigenvalue weighted by Gasteiger charge is -2.32. The zero-order valence-corrected chi connectivity index (χ0v) is 15.9. The van der Waals surface area contributed by atoms with E-state index >= 15 is 0 Å². The van der Waals surface area contributed by atoms with Crippen molar-refractivity contribution in [2.24, 2.45) is 0 Å². The molecule has 0 aromatic carbocycles. The van der Waals surface area contributed by atoms with Crippen LogP contribution in [-0.2, 0) is 18.8 Å². The molecule has 0 amide bonds. The van der Waals surface area contributed by atoms with Gasteiger partial charge in [-0.1, -0.05) is 46.0 Å². The zero-order chi connectivity index (χ0) is 17.5. The molecule has 0 aromatic rings. The van der Waals surface area contributed by atoms with Gasteiger partial charge in [-0.3, -0.25) is 4.79 Å². The molecular formula is C18H35BO4. The molecule has 1 rings (SSSR count). The van der Waals surface area contributed by atoms with Crippen LogP contribution < -0.4 is 0 Å². The Bertz CT molecular complexity index is 352. The van der Waals surface area contributed by atoms with E-state index in [1.165, 1.54) is 25.7 Å². The molecule has 0 aromatic heterocycles. The van der Waals surface area contributed by atoms with Crippen molar-refractivity contribution < 1.29 is 18.8 Å². The van der Waals surface area contributed by atoms with Crippen molar-refractivity contribution in [1.29, 1.82) is 0 Å². The number of esters is 1. The van der Waals surface area contributed by atoms with Gasteiger partial charge in [-0.05, 0) is 34.1 Å². The average molecular weight is 326 g/mol. The molecule has 0 aliphatic carbocycles. The van der Waals surface area contributed by atoms with E-state index in [4.69, 9.17) is 14.0 Å². The van der Waals surface area contributed by atoms with Gasteiger partial charge in [-0.2, -0.15) is 0 Å². The molecule has 134 valence electrons. The van der Waals surface area contributed by atoms with Crippen LogP contribution in [0.3, 0.4) is 0 Å². The summed E-state index contributed by atoms with van der Waals surface area (Å²) >= 11 is 0. The molecule has 0 spiro atoms. The lowest BCUT2D eigenvalue weighted by molar-refractivity contribution is -0.143. The van der Waals surface area contributed by atoms with Crippen LogP contribution in [0.1, 0.15) is 86.5 Å². The fraction of sp³-hybridized carbons (Fsp3) is 0.944. The number of rotatable bonds is 10. The third-order valence-corrected chi connectivity index (χ3v) is 4.99. The average Bonchev–Trinajstić information content (AvgIpc) is 2.66. The summed E-state index contributed by atoms with van der Waals surface area (Å²) in [5.41, 5.74) is -0.706. The molecule has 0 radical (unpaired) electrons. The quantitative estimate of drug-likeness (QED) is 0.330. The van der Waals surface area contributed by atoms with Gasteiger partial charge in [0.2, 0.25) is 0 Å². The highest BCUT2D eigenvalue weighted by Gasteiger charge is 2.52. The largest absolute Gasteiger partial charge is 0.466 e. The molecule has 1 aliphatic heterocycles. The number of hydrogen-bond acceptors (Lipinski definition) is 4. The molecule has 1 aliphatic rings. The van der Waals surface area contributed by atoms with E-state index in [2.05, 4.69) is 6.92 Å². The first kappa shape index (κ1) is 20.5. The summed E-state index contributed by atoms with van der Waals surface area (Å²) in [6, 6.07) is 0. The third-order valence-electron chi connectivity index (χ3n) is 4.99. The Labute approximate surface area is 142 Å². The second-order valence-corrected chi connectivity index (χ2v) is 7.79. The van der Waals surface area contributed by atoms with E-state index < -0.39 is 0 Å². The van der Waals surface area contributed by atoms with Gasteiger partial charge >= 0.3 is 13.1 Å². The molecule has 23 heavy (non-hydrogen) atoms. The van der Waals surface area contributed by atoms with E-state index in [0.717, 1.165) is 12.8 Å². The first-order valence-electron chi connectivity index (χ1n) is 9.21. The second kappa shape index (κ2) is 9.07. The fourth-order valence-electron chi connectivity index (χ4n) is 2.61. The monoisotopic (exact) mass is 326 g/mol. The van der Waals surface area contributed by atoms with Crippen molar-refractivity contribution in [2.75, 3.05) is 6.61 Å². The van der Waals surface area contributed by atoms with E-state index in [0.29, 0.717) is 13.0 Å². The molecule has 1 atom stereocenters. The van der Waals surface area contributed by atoms with Crippen molar-refractivity contribution in [3.8, 4) is 0 Å². The van der Waals surface area contributed by atoms with Crippen LogP contribution in [0.2, 0.25) is 5.82 Å². The topological polar surface area (TPSA) is 44.8 Å². The summed E-state index contributed by atoms with van der Waals surface area (Å²) in [6.45, 7) is 12.8. The predicted molar refractivity (Wildman–Crippen MR) is 94.5 cm³/mol. The van der Waals surface area contributed by atoms with Crippen LogP contribution in [0.25, 0.3) is 0 Å². The second-order valence-electron chi connectivity index (χ2n) is 7.79. The van der Waals surface area contributed by atoms with E-state index in [9.17, 15) is 4.79 Å². The first-order chi connectivity index (χ1) is 10.7. The van der Waals surface area contributed by atoms with Gasteiger partial charge in [0.15, 0.2) is 0 Å². The van der Waals surface area contributed by atoms with Crippen molar-refractivity contribution in [3.63, 3.8) is 0 Å². The molecule has 1 saturated heterocycles. The summed E-state index contributed by atoms with van der Waals surface area (Å²) in [4.78, 5) is 11.9. The minimum Gasteiger partial charge on any atom is -0.466 e. The molecule has 0 bridgehead atoms. The maximum absolute atomic E-state index is 11.9. The first-order valence-corrected chi connectivity index (χ1v) is 9.21. The Morgan fingerprint density at radius 2 is 1.52 bits per heavy atom. The molecule has 0 saturated carbocycles. The minimum absolute atomic E-state index is 0.00638. The summed E-state index contributed by atoms with van der Waals surface area (Å²) in [5.74, 6) is -0.158. The number of carbonyl (C=O) groups excluding carboxylic acids is 1. The number of hydrogen-bond donors (Lipinski definition) is 0. The maximum atomic E-state index is 11.9. The van der Waals surface area contributed by atoms with Gasteiger partial charge in [0.25, 0.3) is 0 Å². The van der Waals surface area contributed by atoms with E-state index in [-0.39, 0.29) is 30.1 Å². The number of unbranched alkanes of at least 4 members (excludes halogenated alkanes) is 5. The van der Waals surface area contributed by atoms with Gasteiger partial charge in [-0.15, -0.1) is 0 Å². The summed E-state index contributed by atoms with van der Waals surface area (Å²) in [7, 11) is -0.346. The molecule has 1 fully saturated rings. The van der Waals surface area contributed by atoms with Crippen LogP contribution in [0.15, 0.2) is 0 Å². The zero-order valence-electron chi connectivity index (χ0n) is 15.9. The molecule has 4 nitrogen and oxygen atoms in total. The smallest absolute Gasteiger partial charge is 0.461 e. The van der Waals surface area contributed by atoms with Gasteiger partial charge < -0.3 is 14.0 Å². The van der Waals surface area contributed by atoms with Crippen molar-refractivity contribution in [3.05, 3.63) is 0 Å². The molecule has 0 unspecified atom stereocenters. The van der Waals surface area contributed by atoms with Crippen LogP contribution in [0.5, 0.6) is 0 Å². The maximum Gasteiger partial charge on any atom is 0.461 e. The Kier molecular flexibility index (Phi) is 8.09. The molecule has 1 heterocycles. The Morgan fingerprint density at radius 3 is 2.09 bits per heavy atom. The summed E-state index contributed by atoms with van der Waals surface area (Å²) in [5, 5.41) is 0. The van der Waals surface area contributed by atoms with E-state index in [1.54, 1.807) is 0 Å². The highest BCUT2D eigenvalue weighted by Crippen LogP contribution is 2.40. The summed E-state index contributed by atoms with van der Waals surface area (Å²) < 4.78 is 17.3. The lowest BCUT2D eigenvalue weighted by atomic mass is 9.71. The number of carbonyl (C=O) groups is 1. The third kappa shape index (κ3) is 6.46. The fourth-order valence-corrected chi connectivity index (χ4v) is 2.61. The standard InChI is InChI=1S/C18H35BO4/c1-7-8-9-10-11-12-13-21-16(20)14-15(2)19-22-17(3,4)18(5,6)23-19/h15H,7-14H2,1-6H3/t15-/m1/s1. The van der Waals surface area contributed by atoms with Gasteiger partial charge in [-0.25, -0.2) is 0 Å². The molecule has 0 N–H and O–H groups in total. The minimum atomic E-state index is -0.353. The SMILES string of the molecule is CCCCCCCCOC(=O)C[C@@H](C)B1OC(C)(C)C(C)(C)O1.